The van der Waals surface area contributed by atoms with Crippen LogP contribution in [0, 0.1) is 0 Å². The first-order chi connectivity index (χ1) is 9.78. The van der Waals surface area contributed by atoms with Crippen molar-refractivity contribution in [3.8, 4) is 11.5 Å². The molecule has 0 spiro atoms. The zero-order chi connectivity index (χ0) is 16.0. The largest absolute Gasteiger partial charge is 0.493 e. The van der Waals surface area contributed by atoms with Crippen molar-refractivity contribution in [2.45, 2.75) is 45.9 Å². The van der Waals surface area contributed by atoms with Crippen LogP contribution in [0.1, 0.15) is 33.3 Å². The number of rotatable bonds is 6. The summed E-state index contributed by atoms with van der Waals surface area (Å²) < 4.78 is 15.8. The number of carbonyl (C=O) groups is 1. The highest BCUT2D eigenvalue weighted by molar-refractivity contribution is 5.74. The Hall–Kier alpha value is -1.75. The number of methoxy groups -OCH3 is 2. The van der Waals surface area contributed by atoms with Gasteiger partial charge in [-0.25, -0.2) is 4.79 Å². The molecule has 1 unspecified atom stereocenters. The summed E-state index contributed by atoms with van der Waals surface area (Å²) in [5.74, 6) is 0.740. The Morgan fingerprint density at radius 2 is 1.95 bits per heavy atom. The Bertz CT molecular complexity index is 480. The Morgan fingerprint density at radius 1 is 1.29 bits per heavy atom. The maximum atomic E-state index is 11.5. The highest BCUT2D eigenvalue weighted by Gasteiger charge is 2.20. The molecule has 0 aliphatic carbocycles. The Kier molecular flexibility index (Phi) is 6.03. The maximum absolute atomic E-state index is 11.5. The van der Waals surface area contributed by atoms with Crippen molar-refractivity contribution < 1.29 is 19.0 Å². The quantitative estimate of drug-likeness (QED) is 0.817. The predicted molar refractivity (Wildman–Crippen MR) is 81.7 cm³/mol. The van der Waals surface area contributed by atoms with Crippen molar-refractivity contribution in [2.75, 3.05) is 14.2 Å². The second-order valence-corrected chi connectivity index (χ2v) is 5.84. The van der Waals surface area contributed by atoms with Gasteiger partial charge in [-0.3, -0.25) is 0 Å². The van der Waals surface area contributed by atoms with Crippen LogP contribution in [0.15, 0.2) is 18.2 Å². The highest BCUT2D eigenvalue weighted by Crippen LogP contribution is 2.32. The lowest BCUT2D eigenvalue weighted by Gasteiger charge is -2.23. The van der Waals surface area contributed by atoms with E-state index in [1.54, 1.807) is 20.1 Å². The van der Waals surface area contributed by atoms with Gasteiger partial charge in [0.15, 0.2) is 17.6 Å². The van der Waals surface area contributed by atoms with E-state index in [9.17, 15) is 4.79 Å². The smallest absolute Gasteiger partial charge is 0.346 e. The Balaban J connectivity index is 3.00. The minimum Gasteiger partial charge on any atom is -0.493 e. The summed E-state index contributed by atoms with van der Waals surface area (Å²) in [4.78, 5) is 11.5. The molecular formula is C16H25NO4. The normalized spacial score (nSPS) is 12.7. The second-order valence-electron chi connectivity index (χ2n) is 5.84. The van der Waals surface area contributed by atoms with Crippen molar-refractivity contribution >= 4 is 5.97 Å². The molecule has 0 heterocycles. The first-order valence-electron chi connectivity index (χ1n) is 6.94. The molecule has 0 aliphatic heterocycles. The number of nitrogens with one attached hydrogen (secondary N) is 1. The van der Waals surface area contributed by atoms with Crippen LogP contribution in [-0.2, 0) is 16.1 Å². The zero-order valence-electron chi connectivity index (χ0n) is 13.6. The van der Waals surface area contributed by atoms with Crippen LogP contribution < -0.4 is 14.8 Å². The summed E-state index contributed by atoms with van der Waals surface area (Å²) in [6.45, 7) is 8.53. The minimum absolute atomic E-state index is 0.0195. The molecule has 1 atom stereocenters. The van der Waals surface area contributed by atoms with Crippen LogP contribution in [0.3, 0.4) is 0 Å². The molecule has 0 radical (unpaired) electrons. The third kappa shape index (κ3) is 5.27. The molecule has 1 N–H and O–H groups in total. The van der Waals surface area contributed by atoms with Crippen molar-refractivity contribution in [3.05, 3.63) is 23.8 Å². The highest BCUT2D eigenvalue weighted by atomic mass is 16.6. The van der Waals surface area contributed by atoms with Crippen molar-refractivity contribution in [1.29, 1.82) is 0 Å². The molecule has 0 bridgehead atoms. The number of ether oxygens (including phenoxy) is 3. The van der Waals surface area contributed by atoms with Crippen LogP contribution >= 0.6 is 0 Å². The molecular weight excluding hydrogens is 270 g/mol. The number of carbonyl (C=O) groups excluding carboxylic acids is 1. The lowest BCUT2D eigenvalue weighted by molar-refractivity contribution is -0.147. The van der Waals surface area contributed by atoms with E-state index in [1.807, 2.05) is 12.1 Å². The topological polar surface area (TPSA) is 56.8 Å². The van der Waals surface area contributed by atoms with Gasteiger partial charge in [-0.2, -0.15) is 0 Å². The third-order valence-electron chi connectivity index (χ3n) is 2.92. The molecule has 1 rings (SSSR count). The van der Waals surface area contributed by atoms with E-state index in [0.717, 1.165) is 5.56 Å². The molecule has 0 saturated heterocycles. The van der Waals surface area contributed by atoms with Gasteiger partial charge in [0.1, 0.15) is 0 Å². The molecule has 0 saturated carbocycles. The van der Waals surface area contributed by atoms with Gasteiger partial charge in [-0.05, 0) is 33.8 Å². The van der Waals surface area contributed by atoms with Gasteiger partial charge in [0.25, 0.3) is 0 Å². The SMILES string of the molecule is COC(=O)C(C)Oc1c(CNC(C)(C)C)cccc1OC. The molecule has 1 aromatic rings. The average molecular weight is 295 g/mol. The van der Waals surface area contributed by atoms with Gasteiger partial charge in [0, 0.05) is 17.6 Å². The second kappa shape index (κ2) is 7.31. The van der Waals surface area contributed by atoms with Crippen LogP contribution in [-0.4, -0.2) is 31.8 Å². The van der Waals surface area contributed by atoms with Crippen LogP contribution in [0.2, 0.25) is 0 Å². The van der Waals surface area contributed by atoms with Gasteiger partial charge in [0.2, 0.25) is 0 Å². The van der Waals surface area contributed by atoms with Crippen LogP contribution in [0.25, 0.3) is 0 Å². The lowest BCUT2D eigenvalue weighted by atomic mass is 10.1. The first-order valence-corrected chi connectivity index (χ1v) is 6.94. The molecule has 1 aromatic carbocycles. The van der Waals surface area contributed by atoms with E-state index < -0.39 is 12.1 Å². The Morgan fingerprint density at radius 3 is 2.48 bits per heavy atom. The lowest BCUT2D eigenvalue weighted by Crippen LogP contribution is -2.35. The van der Waals surface area contributed by atoms with Gasteiger partial charge in [-0.15, -0.1) is 0 Å². The fourth-order valence-corrected chi connectivity index (χ4v) is 1.75. The summed E-state index contributed by atoms with van der Waals surface area (Å²) in [5.41, 5.74) is 0.911. The van der Waals surface area contributed by atoms with E-state index in [0.29, 0.717) is 18.0 Å². The summed E-state index contributed by atoms with van der Waals surface area (Å²) >= 11 is 0. The van der Waals surface area contributed by atoms with E-state index in [4.69, 9.17) is 14.2 Å². The summed E-state index contributed by atoms with van der Waals surface area (Å²) in [7, 11) is 2.92. The van der Waals surface area contributed by atoms with Crippen molar-refractivity contribution in [2.24, 2.45) is 0 Å². The summed E-state index contributed by atoms with van der Waals surface area (Å²) in [6, 6.07) is 5.65. The monoisotopic (exact) mass is 295 g/mol. The predicted octanol–water partition coefficient (Wildman–Crippen LogP) is 2.52. The third-order valence-corrected chi connectivity index (χ3v) is 2.92. The Labute approximate surface area is 126 Å². The first kappa shape index (κ1) is 17.3. The van der Waals surface area contributed by atoms with Crippen LogP contribution in [0.5, 0.6) is 11.5 Å². The van der Waals surface area contributed by atoms with Crippen LogP contribution in [0.4, 0.5) is 0 Å². The van der Waals surface area contributed by atoms with E-state index >= 15 is 0 Å². The number of esters is 1. The average Bonchev–Trinajstić information content (AvgIpc) is 2.44. The molecule has 0 aliphatic rings. The number of hydrogen-bond donors (Lipinski definition) is 1. The van der Waals surface area contributed by atoms with E-state index in [2.05, 4.69) is 26.1 Å². The number of hydrogen-bond acceptors (Lipinski definition) is 5. The van der Waals surface area contributed by atoms with Gasteiger partial charge < -0.3 is 19.5 Å². The fraction of sp³-hybridized carbons (Fsp3) is 0.562. The molecule has 118 valence electrons. The number of para-hydroxylation sites is 1. The van der Waals surface area contributed by atoms with E-state index in [1.165, 1.54) is 7.11 Å². The molecule has 21 heavy (non-hydrogen) atoms. The number of benzene rings is 1. The maximum Gasteiger partial charge on any atom is 0.346 e. The van der Waals surface area contributed by atoms with Crippen molar-refractivity contribution in [3.63, 3.8) is 0 Å². The van der Waals surface area contributed by atoms with Crippen molar-refractivity contribution in [1.82, 2.24) is 5.32 Å². The molecule has 5 nitrogen and oxygen atoms in total. The van der Waals surface area contributed by atoms with Gasteiger partial charge >= 0.3 is 5.97 Å². The van der Waals surface area contributed by atoms with E-state index in [-0.39, 0.29) is 5.54 Å². The fourth-order valence-electron chi connectivity index (χ4n) is 1.75. The molecule has 0 amide bonds. The summed E-state index contributed by atoms with van der Waals surface area (Å²) in [5, 5.41) is 3.39. The summed E-state index contributed by atoms with van der Waals surface area (Å²) in [6.07, 6.45) is -0.695. The van der Waals surface area contributed by atoms with Gasteiger partial charge in [-0.1, -0.05) is 12.1 Å². The standard InChI is InChI=1S/C16H25NO4/c1-11(15(18)20-6)21-14-12(10-17-16(2,3)4)8-7-9-13(14)19-5/h7-9,11,17H,10H2,1-6H3. The molecule has 0 aromatic heterocycles. The zero-order valence-corrected chi connectivity index (χ0v) is 13.6. The molecule has 5 heteroatoms. The molecule has 0 fully saturated rings. The van der Waals surface area contributed by atoms with Gasteiger partial charge in [0.05, 0.1) is 14.2 Å². The minimum atomic E-state index is -0.695.